The van der Waals surface area contributed by atoms with Crippen molar-refractivity contribution in [2.75, 3.05) is 20.1 Å². The van der Waals surface area contributed by atoms with Crippen molar-refractivity contribution in [1.82, 2.24) is 4.90 Å². The van der Waals surface area contributed by atoms with E-state index < -0.39 is 0 Å². The van der Waals surface area contributed by atoms with Crippen LogP contribution >= 0.6 is 0 Å². The number of nitrogens with zero attached hydrogens (tertiary/aromatic N) is 1. The molecule has 0 aromatic heterocycles. The second-order valence-electron chi connectivity index (χ2n) is 2.65. The topological polar surface area (TPSA) is 3.24 Å². The van der Waals surface area contributed by atoms with Gasteiger partial charge >= 0.3 is 0 Å². The van der Waals surface area contributed by atoms with Gasteiger partial charge in [0.2, 0.25) is 0 Å². The standard InChI is InChI=1S/C6H12BN/c1-8-3-2-6(4-7)5-8/h6H,2-5H2,1H3. The molecule has 1 nitrogen and oxygen atoms in total. The Bertz CT molecular complexity index is 74.9. The third-order valence-corrected chi connectivity index (χ3v) is 1.82. The fourth-order valence-corrected chi connectivity index (χ4v) is 1.22. The minimum atomic E-state index is 0.778. The molecule has 2 heteroatoms. The third kappa shape index (κ3) is 1.25. The van der Waals surface area contributed by atoms with E-state index in [1.54, 1.807) is 0 Å². The molecule has 1 fully saturated rings. The maximum Gasteiger partial charge on any atom is 0.0657 e. The molecule has 2 radical (unpaired) electrons. The van der Waals surface area contributed by atoms with Gasteiger partial charge in [0.25, 0.3) is 0 Å². The van der Waals surface area contributed by atoms with Crippen LogP contribution in [0.3, 0.4) is 0 Å². The lowest BCUT2D eigenvalue weighted by Crippen LogP contribution is -2.13. The van der Waals surface area contributed by atoms with Gasteiger partial charge in [-0.2, -0.15) is 0 Å². The molecule has 0 N–H and O–H groups in total. The first-order chi connectivity index (χ1) is 3.83. The predicted octanol–water partition coefficient (Wildman–Crippen LogP) is 0.525. The highest BCUT2D eigenvalue weighted by Crippen LogP contribution is 2.15. The van der Waals surface area contributed by atoms with Crippen molar-refractivity contribution in [3.05, 3.63) is 0 Å². The Morgan fingerprint density at radius 1 is 1.75 bits per heavy atom. The fraction of sp³-hybridized carbons (Fsp3) is 1.00. The summed E-state index contributed by atoms with van der Waals surface area (Å²) in [6, 6.07) is 0. The maximum absolute atomic E-state index is 5.47. The number of hydrogen-bond acceptors (Lipinski definition) is 1. The summed E-state index contributed by atoms with van der Waals surface area (Å²) in [6.45, 7) is 2.44. The van der Waals surface area contributed by atoms with Crippen LogP contribution in [0.2, 0.25) is 6.32 Å². The van der Waals surface area contributed by atoms with Crippen LogP contribution in [0.4, 0.5) is 0 Å². The van der Waals surface area contributed by atoms with Crippen LogP contribution in [0.15, 0.2) is 0 Å². The minimum absolute atomic E-state index is 0.778. The van der Waals surface area contributed by atoms with E-state index in [0.29, 0.717) is 0 Å². The van der Waals surface area contributed by atoms with Crippen molar-refractivity contribution in [2.45, 2.75) is 12.7 Å². The van der Waals surface area contributed by atoms with Gasteiger partial charge in [0.05, 0.1) is 7.85 Å². The highest BCUT2D eigenvalue weighted by molar-refractivity contribution is 6.08. The average Bonchev–Trinajstić information content (AvgIpc) is 2.14. The zero-order valence-corrected chi connectivity index (χ0v) is 5.43. The molecular weight excluding hydrogens is 96.9 g/mol. The Labute approximate surface area is 52.5 Å². The molecule has 1 aliphatic heterocycles. The lowest BCUT2D eigenvalue weighted by molar-refractivity contribution is 0.402. The quantitative estimate of drug-likeness (QED) is 0.444. The van der Waals surface area contributed by atoms with Crippen molar-refractivity contribution in [1.29, 1.82) is 0 Å². The highest BCUT2D eigenvalue weighted by Gasteiger charge is 2.16. The maximum atomic E-state index is 5.47. The Balaban J connectivity index is 2.22. The summed E-state index contributed by atoms with van der Waals surface area (Å²) >= 11 is 0. The van der Waals surface area contributed by atoms with Crippen molar-refractivity contribution in [2.24, 2.45) is 5.92 Å². The van der Waals surface area contributed by atoms with Crippen molar-refractivity contribution >= 4 is 7.85 Å². The number of hydrogen-bond donors (Lipinski definition) is 0. The van der Waals surface area contributed by atoms with Gasteiger partial charge in [0.1, 0.15) is 0 Å². The van der Waals surface area contributed by atoms with Crippen molar-refractivity contribution in [3.8, 4) is 0 Å². The SMILES string of the molecule is [B]CC1CCN(C)C1. The molecule has 1 rings (SSSR count). The Morgan fingerprint density at radius 2 is 2.50 bits per heavy atom. The van der Waals surface area contributed by atoms with Crippen LogP contribution in [0.1, 0.15) is 6.42 Å². The molecule has 1 heterocycles. The van der Waals surface area contributed by atoms with Gasteiger partial charge in [-0.05, 0) is 25.9 Å². The van der Waals surface area contributed by atoms with E-state index in [9.17, 15) is 0 Å². The van der Waals surface area contributed by atoms with Crippen LogP contribution in [-0.4, -0.2) is 32.9 Å². The predicted molar refractivity (Wildman–Crippen MR) is 36.2 cm³/mol. The molecule has 0 amide bonds. The summed E-state index contributed by atoms with van der Waals surface area (Å²) in [7, 11) is 7.62. The van der Waals surface area contributed by atoms with Gasteiger partial charge in [-0.1, -0.05) is 6.32 Å². The van der Waals surface area contributed by atoms with E-state index in [0.717, 1.165) is 12.2 Å². The molecule has 0 aliphatic carbocycles. The molecule has 0 aromatic carbocycles. The van der Waals surface area contributed by atoms with Crippen LogP contribution in [-0.2, 0) is 0 Å². The molecular formula is C6H12BN. The molecule has 44 valence electrons. The zero-order chi connectivity index (χ0) is 5.98. The minimum Gasteiger partial charge on any atom is -0.306 e. The molecule has 0 aromatic rings. The van der Waals surface area contributed by atoms with Gasteiger partial charge in [-0.3, -0.25) is 0 Å². The molecule has 1 atom stereocenters. The third-order valence-electron chi connectivity index (χ3n) is 1.82. The van der Waals surface area contributed by atoms with Crippen molar-refractivity contribution < 1.29 is 0 Å². The Kier molecular flexibility index (Phi) is 1.95. The van der Waals surface area contributed by atoms with Gasteiger partial charge in [-0.25, -0.2) is 0 Å². The monoisotopic (exact) mass is 109 g/mol. The summed E-state index contributed by atoms with van der Waals surface area (Å²) in [4.78, 5) is 2.33. The summed E-state index contributed by atoms with van der Waals surface area (Å²) in [5.74, 6) is 0.778. The first kappa shape index (κ1) is 6.15. The first-order valence-electron chi connectivity index (χ1n) is 3.21. The van der Waals surface area contributed by atoms with E-state index >= 15 is 0 Å². The largest absolute Gasteiger partial charge is 0.306 e. The summed E-state index contributed by atoms with van der Waals surface area (Å²) in [6.07, 6.45) is 2.16. The molecule has 0 spiro atoms. The zero-order valence-electron chi connectivity index (χ0n) is 5.43. The van der Waals surface area contributed by atoms with Gasteiger partial charge in [-0.15, -0.1) is 0 Å². The molecule has 8 heavy (non-hydrogen) atoms. The number of likely N-dealkylation sites (tertiary alicyclic amines) is 1. The van der Waals surface area contributed by atoms with E-state index in [2.05, 4.69) is 11.9 Å². The van der Waals surface area contributed by atoms with E-state index in [1.807, 2.05) is 0 Å². The first-order valence-corrected chi connectivity index (χ1v) is 3.21. The summed E-state index contributed by atoms with van der Waals surface area (Å²) < 4.78 is 0. The lowest BCUT2D eigenvalue weighted by Gasteiger charge is -2.05. The van der Waals surface area contributed by atoms with E-state index in [-0.39, 0.29) is 0 Å². The van der Waals surface area contributed by atoms with Crippen LogP contribution in [0, 0.1) is 5.92 Å². The highest BCUT2D eigenvalue weighted by atomic mass is 15.1. The summed E-state index contributed by atoms with van der Waals surface area (Å²) in [5, 5.41) is 0. The molecule has 0 saturated carbocycles. The summed E-state index contributed by atoms with van der Waals surface area (Å²) in [5.41, 5.74) is 0. The van der Waals surface area contributed by atoms with Gasteiger partial charge < -0.3 is 4.90 Å². The smallest absolute Gasteiger partial charge is 0.0657 e. The number of rotatable bonds is 1. The Hall–Kier alpha value is 0.0249. The normalized spacial score (nSPS) is 31.4. The van der Waals surface area contributed by atoms with Crippen LogP contribution < -0.4 is 0 Å². The molecule has 1 saturated heterocycles. The van der Waals surface area contributed by atoms with Gasteiger partial charge in [0.15, 0.2) is 0 Å². The van der Waals surface area contributed by atoms with E-state index in [1.165, 1.54) is 19.5 Å². The average molecular weight is 109 g/mol. The van der Waals surface area contributed by atoms with Crippen LogP contribution in [0.25, 0.3) is 0 Å². The second-order valence-corrected chi connectivity index (χ2v) is 2.65. The van der Waals surface area contributed by atoms with Gasteiger partial charge in [0, 0.05) is 6.54 Å². The van der Waals surface area contributed by atoms with E-state index in [4.69, 9.17) is 7.85 Å². The second kappa shape index (κ2) is 2.54. The van der Waals surface area contributed by atoms with Crippen LogP contribution in [0.5, 0.6) is 0 Å². The molecule has 1 unspecified atom stereocenters. The Morgan fingerprint density at radius 3 is 2.75 bits per heavy atom. The molecule has 1 aliphatic rings. The fourth-order valence-electron chi connectivity index (χ4n) is 1.22. The lowest BCUT2D eigenvalue weighted by atomic mass is 9.91. The molecule has 0 bridgehead atoms. The van der Waals surface area contributed by atoms with Crippen molar-refractivity contribution in [3.63, 3.8) is 0 Å².